The molecule has 2 N–H and O–H groups in total. The second kappa shape index (κ2) is 5.98. The summed E-state index contributed by atoms with van der Waals surface area (Å²) in [5.74, 6) is -1.66. The first kappa shape index (κ1) is 16.7. The Kier molecular flexibility index (Phi) is 4.77. The SMILES string of the molecule is CC(C)[C@H](Nc1ccc(C(F)(F)F)cc1[N+](=O)[O-])C(=O)O. The summed E-state index contributed by atoms with van der Waals surface area (Å²) in [6.07, 6.45) is -4.71. The third kappa shape index (κ3) is 4.07. The molecule has 1 atom stereocenters. The molecular weight excluding hydrogens is 293 g/mol. The monoisotopic (exact) mass is 306 g/mol. The van der Waals surface area contributed by atoms with E-state index in [4.69, 9.17) is 5.11 Å². The molecule has 0 fully saturated rings. The highest BCUT2D eigenvalue weighted by Crippen LogP contribution is 2.35. The summed E-state index contributed by atoms with van der Waals surface area (Å²) in [5, 5.41) is 22.3. The lowest BCUT2D eigenvalue weighted by Gasteiger charge is -2.19. The summed E-state index contributed by atoms with van der Waals surface area (Å²) >= 11 is 0. The van der Waals surface area contributed by atoms with Crippen LogP contribution in [0.25, 0.3) is 0 Å². The van der Waals surface area contributed by atoms with Crippen LogP contribution in [0.1, 0.15) is 19.4 Å². The summed E-state index contributed by atoms with van der Waals surface area (Å²) in [5.41, 5.74) is -2.26. The fourth-order valence-corrected chi connectivity index (χ4v) is 1.66. The Morgan fingerprint density at radius 3 is 2.33 bits per heavy atom. The van der Waals surface area contributed by atoms with Crippen molar-refractivity contribution in [3.63, 3.8) is 0 Å². The van der Waals surface area contributed by atoms with Crippen molar-refractivity contribution >= 4 is 17.3 Å². The van der Waals surface area contributed by atoms with E-state index in [-0.39, 0.29) is 5.69 Å². The van der Waals surface area contributed by atoms with Crippen LogP contribution in [0.15, 0.2) is 18.2 Å². The lowest BCUT2D eigenvalue weighted by molar-refractivity contribution is -0.384. The number of hydrogen-bond acceptors (Lipinski definition) is 4. The number of nitro benzene ring substituents is 1. The smallest absolute Gasteiger partial charge is 0.416 e. The van der Waals surface area contributed by atoms with Crippen molar-refractivity contribution in [2.24, 2.45) is 5.92 Å². The molecule has 1 aromatic rings. The number of alkyl halides is 3. The zero-order valence-electron chi connectivity index (χ0n) is 11.1. The van der Waals surface area contributed by atoms with Gasteiger partial charge in [0.15, 0.2) is 0 Å². The van der Waals surface area contributed by atoms with Crippen molar-refractivity contribution in [2.75, 3.05) is 5.32 Å². The van der Waals surface area contributed by atoms with Gasteiger partial charge >= 0.3 is 12.1 Å². The first-order valence-electron chi connectivity index (χ1n) is 5.89. The van der Waals surface area contributed by atoms with Crippen LogP contribution in [0.3, 0.4) is 0 Å². The number of anilines is 1. The number of carboxylic acids is 1. The summed E-state index contributed by atoms with van der Waals surface area (Å²) in [7, 11) is 0. The number of halogens is 3. The van der Waals surface area contributed by atoms with Crippen LogP contribution < -0.4 is 5.32 Å². The predicted octanol–water partition coefficient (Wildman–Crippen LogP) is 3.13. The molecule has 0 unspecified atom stereocenters. The van der Waals surface area contributed by atoms with Crippen molar-refractivity contribution in [2.45, 2.75) is 26.1 Å². The molecule has 116 valence electrons. The van der Waals surface area contributed by atoms with Crippen molar-refractivity contribution in [1.29, 1.82) is 0 Å². The second-order valence-corrected chi connectivity index (χ2v) is 4.69. The van der Waals surface area contributed by atoms with E-state index in [1.54, 1.807) is 13.8 Å². The molecular formula is C12H13F3N2O4. The van der Waals surface area contributed by atoms with E-state index < -0.39 is 40.3 Å². The van der Waals surface area contributed by atoms with Crippen molar-refractivity contribution in [3.05, 3.63) is 33.9 Å². The summed E-state index contributed by atoms with van der Waals surface area (Å²) < 4.78 is 37.6. The Morgan fingerprint density at radius 1 is 1.38 bits per heavy atom. The molecule has 9 heteroatoms. The second-order valence-electron chi connectivity index (χ2n) is 4.69. The van der Waals surface area contributed by atoms with Crippen LogP contribution in [-0.2, 0) is 11.0 Å². The summed E-state index contributed by atoms with van der Waals surface area (Å²) in [4.78, 5) is 20.9. The molecule has 1 rings (SSSR count). The highest BCUT2D eigenvalue weighted by molar-refractivity contribution is 5.79. The Hall–Kier alpha value is -2.32. The van der Waals surface area contributed by atoms with E-state index in [1.165, 1.54) is 0 Å². The lowest BCUT2D eigenvalue weighted by atomic mass is 10.0. The van der Waals surface area contributed by atoms with Gasteiger partial charge in [0.1, 0.15) is 11.7 Å². The van der Waals surface area contributed by atoms with Gasteiger partial charge < -0.3 is 10.4 Å². The predicted molar refractivity (Wildman–Crippen MR) is 68.0 cm³/mol. The maximum absolute atomic E-state index is 12.5. The van der Waals surface area contributed by atoms with Crippen LogP contribution in [0.4, 0.5) is 24.5 Å². The molecule has 0 saturated heterocycles. The molecule has 0 spiro atoms. The quantitative estimate of drug-likeness (QED) is 0.644. The van der Waals surface area contributed by atoms with Crippen LogP contribution in [-0.4, -0.2) is 22.0 Å². The maximum Gasteiger partial charge on any atom is 0.416 e. The molecule has 0 heterocycles. The first-order valence-corrected chi connectivity index (χ1v) is 5.89. The van der Waals surface area contributed by atoms with E-state index in [9.17, 15) is 28.1 Å². The number of carboxylic acid groups (broad SMARTS) is 1. The zero-order valence-corrected chi connectivity index (χ0v) is 11.1. The number of nitro groups is 1. The highest BCUT2D eigenvalue weighted by atomic mass is 19.4. The minimum absolute atomic E-state index is 0.269. The van der Waals surface area contributed by atoms with Gasteiger partial charge in [0.2, 0.25) is 0 Å². The first-order chi connectivity index (χ1) is 9.54. The van der Waals surface area contributed by atoms with Gasteiger partial charge in [-0.1, -0.05) is 13.8 Å². The molecule has 0 aliphatic rings. The summed E-state index contributed by atoms with van der Waals surface area (Å²) in [6, 6.07) is 0.746. The van der Waals surface area contributed by atoms with Gasteiger partial charge in [0, 0.05) is 6.07 Å². The fraction of sp³-hybridized carbons (Fsp3) is 0.417. The van der Waals surface area contributed by atoms with E-state index in [0.29, 0.717) is 12.1 Å². The average Bonchev–Trinajstić information content (AvgIpc) is 2.33. The molecule has 0 amide bonds. The average molecular weight is 306 g/mol. The lowest BCUT2D eigenvalue weighted by Crippen LogP contribution is -2.34. The highest BCUT2D eigenvalue weighted by Gasteiger charge is 2.33. The van der Waals surface area contributed by atoms with Crippen molar-refractivity contribution in [3.8, 4) is 0 Å². The number of nitrogens with one attached hydrogen (secondary N) is 1. The van der Waals surface area contributed by atoms with E-state index in [1.807, 2.05) is 0 Å². The summed E-state index contributed by atoms with van der Waals surface area (Å²) in [6.45, 7) is 3.14. The molecule has 0 radical (unpaired) electrons. The third-order valence-electron chi connectivity index (χ3n) is 2.77. The maximum atomic E-state index is 12.5. The molecule has 0 saturated carbocycles. The van der Waals surface area contributed by atoms with Crippen LogP contribution in [0.2, 0.25) is 0 Å². The third-order valence-corrected chi connectivity index (χ3v) is 2.77. The number of aliphatic carboxylic acids is 1. The number of rotatable bonds is 5. The fourth-order valence-electron chi connectivity index (χ4n) is 1.66. The molecule has 0 aromatic heterocycles. The largest absolute Gasteiger partial charge is 0.480 e. The standard InChI is InChI=1S/C12H13F3N2O4/c1-6(2)10(11(18)19)16-8-4-3-7(12(13,14)15)5-9(8)17(20)21/h3-6,10,16H,1-2H3,(H,18,19)/t10-/m0/s1. The van der Waals surface area contributed by atoms with Crippen molar-refractivity contribution in [1.82, 2.24) is 0 Å². The zero-order chi connectivity index (χ0) is 16.4. The normalized spacial score (nSPS) is 13.0. The number of benzene rings is 1. The Bertz CT molecular complexity index is 558. The molecule has 6 nitrogen and oxygen atoms in total. The van der Waals surface area contributed by atoms with E-state index in [2.05, 4.69) is 5.32 Å². The van der Waals surface area contributed by atoms with Gasteiger partial charge in [0.25, 0.3) is 5.69 Å². The Morgan fingerprint density at radius 2 is 1.95 bits per heavy atom. The molecule has 0 bridgehead atoms. The minimum Gasteiger partial charge on any atom is -0.480 e. The topological polar surface area (TPSA) is 92.5 Å². The molecule has 21 heavy (non-hydrogen) atoms. The Labute approximate surface area is 117 Å². The molecule has 0 aliphatic heterocycles. The number of nitrogens with zero attached hydrogens (tertiary/aromatic N) is 1. The van der Waals surface area contributed by atoms with Gasteiger partial charge in [0.05, 0.1) is 10.5 Å². The molecule has 1 aromatic carbocycles. The van der Waals surface area contributed by atoms with Crippen LogP contribution in [0, 0.1) is 16.0 Å². The molecule has 0 aliphatic carbocycles. The van der Waals surface area contributed by atoms with Crippen LogP contribution in [0.5, 0.6) is 0 Å². The van der Waals surface area contributed by atoms with Crippen molar-refractivity contribution < 1.29 is 28.0 Å². The van der Waals surface area contributed by atoms with Gasteiger partial charge in [-0.25, -0.2) is 4.79 Å². The number of carbonyl (C=O) groups is 1. The van der Waals surface area contributed by atoms with Gasteiger partial charge in [-0.2, -0.15) is 13.2 Å². The number of hydrogen-bond donors (Lipinski definition) is 2. The van der Waals surface area contributed by atoms with Crippen LogP contribution >= 0.6 is 0 Å². The van der Waals surface area contributed by atoms with Gasteiger partial charge in [-0.05, 0) is 18.1 Å². The minimum atomic E-state index is -4.71. The van der Waals surface area contributed by atoms with E-state index >= 15 is 0 Å². The van der Waals surface area contributed by atoms with Gasteiger partial charge in [-0.15, -0.1) is 0 Å². The van der Waals surface area contributed by atoms with E-state index in [0.717, 1.165) is 6.07 Å². The van der Waals surface area contributed by atoms with Gasteiger partial charge in [-0.3, -0.25) is 10.1 Å². The Balaban J connectivity index is 3.24.